The van der Waals surface area contributed by atoms with E-state index in [1.165, 1.54) is 32.1 Å². The quantitative estimate of drug-likeness (QED) is 0.340. The summed E-state index contributed by atoms with van der Waals surface area (Å²) in [6, 6.07) is 6.59. The van der Waals surface area contributed by atoms with Crippen LogP contribution in [0.1, 0.15) is 68.9 Å². The number of nitrogens with zero attached hydrogens (tertiary/aromatic N) is 4. The Morgan fingerprint density at radius 3 is 2.62 bits per heavy atom. The molecule has 7 rings (SSSR count). The molecule has 5 aliphatic rings. The van der Waals surface area contributed by atoms with E-state index in [0.717, 1.165) is 62.1 Å². The Kier molecular flexibility index (Phi) is 8.07. The summed E-state index contributed by atoms with van der Waals surface area (Å²) in [5, 5.41) is 30.9. The van der Waals surface area contributed by atoms with Crippen molar-refractivity contribution in [1.29, 1.82) is 5.26 Å². The summed E-state index contributed by atoms with van der Waals surface area (Å²) in [6.45, 7) is 2.33. The van der Waals surface area contributed by atoms with Crippen molar-refractivity contribution in [2.24, 2.45) is 29.1 Å². The summed E-state index contributed by atoms with van der Waals surface area (Å²) in [6.07, 6.45) is 15.3. The average molecular weight is 564 g/mol. The molecule has 4 unspecified atom stereocenters. The molecule has 4 bridgehead atoms. The van der Waals surface area contributed by atoms with Crippen molar-refractivity contribution >= 4 is 22.6 Å². The maximum atomic E-state index is 12.0. The molecule has 2 aromatic heterocycles. The topological polar surface area (TPSA) is 136 Å². The first-order valence-electron chi connectivity index (χ1n) is 14.8. The number of aliphatic hydroxyl groups is 1. The van der Waals surface area contributed by atoms with Crippen LogP contribution in [0.15, 0.2) is 29.6 Å². The molecular weight excluding hydrogens is 522 g/mol. The van der Waals surface area contributed by atoms with Gasteiger partial charge >= 0.3 is 0 Å². The van der Waals surface area contributed by atoms with E-state index in [9.17, 15) is 14.6 Å². The Bertz CT molecular complexity index is 1260. The van der Waals surface area contributed by atoms with Crippen LogP contribution in [-0.2, 0) is 17.3 Å². The Morgan fingerprint density at radius 2 is 1.90 bits per heavy atom. The van der Waals surface area contributed by atoms with Gasteiger partial charge in [-0.2, -0.15) is 10.2 Å². The zero-order chi connectivity index (χ0) is 27.7. The predicted molar refractivity (Wildman–Crippen MR) is 155 cm³/mol. The lowest BCUT2D eigenvalue weighted by Gasteiger charge is -2.60. The van der Waals surface area contributed by atoms with Crippen molar-refractivity contribution < 1.29 is 9.32 Å². The second-order valence-electron chi connectivity index (χ2n) is 12.8. The molecular formula is C30H41N7O2S. The van der Waals surface area contributed by atoms with Crippen LogP contribution in [0, 0.1) is 40.4 Å². The minimum absolute atomic E-state index is 0.0879. The molecule has 40 heavy (non-hydrogen) atoms. The molecule has 0 radical (unpaired) electrons. The molecule has 5 fully saturated rings. The second-order valence-corrected chi connectivity index (χ2v) is 14.1. The minimum atomic E-state index is -1.18. The van der Waals surface area contributed by atoms with Crippen molar-refractivity contribution in [2.75, 3.05) is 30.0 Å². The number of anilines is 2. The van der Waals surface area contributed by atoms with Crippen molar-refractivity contribution in [3.05, 3.63) is 35.7 Å². The molecule has 2 heterocycles. The van der Waals surface area contributed by atoms with Gasteiger partial charge in [-0.15, -0.1) is 0 Å². The molecule has 9 nitrogen and oxygen atoms in total. The maximum Gasteiger partial charge on any atom is 0.224 e. The first kappa shape index (κ1) is 27.6. The SMILES string of the molecule is CS(=O)c1ncccc1CNc1ncc(C#N)c(NCC23CC4C[C@H](C2)C(NCC2CCC(O)CC2)[C@@H](C4)C3)n1. The smallest absolute Gasteiger partial charge is 0.224 e. The Labute approximate surface area is 239 Å². The third kappa shape index (κ3) is 5.88. The van der Waals surface area contributed by atoms with Gasteiger partial charge in [0.15, 0.2) is 0 Å². The van der Waals surface area contributed by atoms with Gasteiger partial charge in [0.25, 0.3) is 0 Å². The van der Waals surface area contributed by atoms with Crippen LogP contribution in [0.25, 0.3) is 0 Å². The van der Waals surface area contributed by atoms with E-state index in [1.807, 2.05) is 12.1 Å². The summed E-state index contributed by atoms with van der Waals surface area (Å²) in [5.74, 6) is 3.96. The average Bonchev–Trinajstić information content (AvgIpc) is 2.95. The highest BCUT2D eigenvalue weighted by atomic mass is 32.2. The van der Waals surface area contributed by atoms with E-state index >= 15 is 0 Å². The van der Waals surface area contributed by atoms with Crippen molar-refractivity contribution in [3.8, 4) is 6.07 Å². The van der Waals surface area contributed by atoms with Gasteiger partial charge in [0.05, 0.1) is 23.1 Å². The lowest BCUT2D eigenvalue weighted by molar-refractivity contribution is -0.0705. The molecule has 0 saturated heterocycles. The molecule has 2 aromatic rings. The number of nitrogens with one attached hydrogen (secondary N) is 3. The minimum Gasteiger partial charge on any atom is -0.393 e. The van der Waals surface area contributed by atoms with Crippen LogP contribution in [-0.4, -0.2) is 55.8 Å². The number of rotatable bonds is 10. The largest absolute Gasteiger partial charge is 0.393 e. The van der Waals surface area contributed by atoms with Gasteiger partial charge in [0, 0.05) is 37.1 Å². The number of aliphatic hydroxyl groups excluding tert-OH is 1. The van der Waals surface area contributed by atoms with Crippen molar-refractivity contribution in [2.45, 2.75) is 81.5 Å². The molecule has 0 aromatic carbocycles. The standard InChI is InChI=1S/C30H41N7O2S/c1-40(39)28-21(3-2-8-32-28)16-34-29-35-17-24(14-31)27(37-29)36-18-30-11-20-9-22(12-30)26(23(10-20)13-30)33-15-19-4-6-25(38)7-5-19/h2-3,8,17,19-20,22-23,25-26,33,38H,4-7,9-13,15-16,18H2,1H3,(H2,34,35,36,37)/t19?,20?,22-,23+,25?,26?,30?,40?. The summed E-state index contributed by atoms with van der Waals surface area (Å²) >= 11 is 0. The third-order valence-corrected chi connectivity index (χ3v) is 10.9. The summed E-state index contributed by atoms with van der Waals surface area (Å²) in [7, 11) is -1.18. The van der Waals surface area contributed by atoms with Gasteiger partial charge in [-0.1, -0.05) is 6.07 Å². The van der Waals surface area contributed by atoms with E-state index < -0.39 is 10.8 Å². The lowest BCUT2D eigenvalue weighted by atomic mass is 9.48. The summed E-state index contributed by atoms with van der Waals surface area (Å²) < 4.78 is 12.0. The van der Waals surface area contributed by atoms with E-state index in [-0.39, 0.29) is 11.5 Å². The Morgan fingerprint density at radius 1 is 1.12 bits per heavy atom. The molecule has 10 heteroatoms. The first-order valence-corrected chi connectivity index (χ1v) is 16.4. The zero-order valence-electron chi connectivity index (χ0n) is 23.3. The van der Waals surface area contributed by atoms with E-state index in [4.69, 9.17) is 0 Å². The van der Waals surface area contributed by atoms with Crippen LogP contribution in [0.5, 0.6) is 0 Å². The highest BCUT2D eigenvalue weighted by Crippen LogP contribution is 2.60. The first-order chi connectivity index (χ1) is 19.4. The highest BCUT2D eigenvalue weighted by molar-refractivity contribution is 7.84. The Balaban J connectivity index is 1.08. The molecule has 6 atom stereocenters. The monoisotopic (exact) mass is 563 g/mol. The molecule has 5 saturated carbocycles. The van der Waals surface area contributed by atoms with Gasteiger partial charge in [0.2, 0.25) is 5.95 Å². The summed E-state index contributed by atoms with van der Waals surface area (Å²) in [4.78, 5) is 13.3. The van der Waals surface area contributed by atoms with Crippen LogP contribution in [0.4, 0.5) is 11.8 Å². The molecule has 0 amide bonds. The van der Waals surface area contributed by atoms with Crippen LogP contribution in [0.3, 0.4) is 0 Å². The second kappa shape index (κ2) is 11.7. The normalized spacial score (nSPS) is 33.3. The molecule has 0 spiro atoms. The van der Waals surface area contributed by atoms with Crippen LogP contribution < -0.4 is 16.0 Å². The van der Waals surface area contributed by atoms with Crippen LogP contribution >= 0.6 is 0 Å². The van der Waals surface area contributed by atoms with Gasteiger partial charge in [-0.25, -0.2) is 9.97 Å². The maximum absolute atomic E-state index is 12.0. The summed E-state index contributed by atoms with van der Waals surface area (Å²) in [5.41, 5.74) is 1.54. The predicted octanol–water partition coefficient (Wildman–Crippen LogP) is 3.84. The Hall–Kier alpha value is -2.61. The third-order valence-electron chi connectivity index (χ3n) is 9.96. The van der Waals surface area contributed by atoms with Gasteiger partial charge in [-0.3, -0.25) is 4.21 Å². The number of pyridine rings is 1. The zero-order valence-corrected chi connectivity index (χ0v) is 24.1. The fourth-order valence-corrected chi connectivity index (χ4v) is 9.06. The van der Waals surface area contributed by atoms with Crippen LogP contribution in [0.2, 0.25) is 0 Å². The number of aromatic nitrogens is 3. The van der Waals surface area contributed by atoms with Crippen molar-refractivity contribution in [3.63, 3.8) is 0 Å². The van der Waals surface area contributed by atoms with E-state index in [2.05, 4.69) is 37.0 Å². The van der Waals surface area contributed by atoms with Gasteiger partial charge < -0.3 is 21.1 Å². The van der Waals surface area contributed by atoms with E-state index in [0.29, 0.717) is 40.9 Å². The molecule has 0 aliphatic heterocycles. The highest BCUT2D eigenvalue weighted by Gasteiger charge is 2.55. The molecule has 5 aliphatic carbocycles. The van der Waals surface area contributed by atoms with Crippen molar-refractivity contribution in [1.82, 2.24) is 20.3 Å². The fraction of sp³-hybridized carbons (Fsp3) is 0.667. The number of hydrogen-bond acceptors (Lipinski definition) is 9. The number of hydrogen-bond donors (Lipinski definition) is 4. The molecule has 4 N–H and O–H groups in total. The van der Waals surface area contributed by atoms with Gasteiger partial charge in [0.1, 0.15) is 22.5 Å². The lowest BCUT2D eigenvalue weighted by Crippen LogP contribution is -2.60. The van der Waals surface area contributed by atoms with Gasteiger partial charge in [-0.05, 0) is 99.5 Å². The van der Waals surface area contributed by atoms with E-state index in [1.54, 1.807) is 18.6 Å². The fourth-order valence-electron chi connectivity index (χ4n) is 8.34. The number of nitriles is 1. The molecule has 214 valence electrons.